The van der Waals surface area contributed by atoms with Crippen LogP contribution in [-0.4, -0.2) is 42.7 Å². The van der Waals surface area contributed by atoms with Crippen LogP contribution in [0, 0.1) is 10.1 Å². The minimum absolute atomic E-state index is 0.149. The molecule has 1 heterocycles. The van der Waals surface area contributed by atoms with Crippen molar-refractivity contribution in [1.29, 1.82) is 0 Å². The van der Waals surface area contributed by atoms with Crippen molar-refractivity contribution < 1.29 is 9.66 Å². The number of benzene rings is 1. The largest absolute Gasteiger partial charge is 0.379 e. The molecule has 2 rings (SSSR count). The Morgan fingerprint density at radius 2 is 2.06 bits per heavy atom. The van der Waals surface area contributed by atoms with Gasteiger partial charge < -0.3 is 4.74 Å². The lowest BCUT2D eigenvalue weighted by atomic mass is 10.1. The molecule has 5 heteroatoms. The molecule has 0 atom stereocenters. The lowest BCUT2D eigenvalue weighted by Crippen LogP contribution is -2.36. The summed E-state index contributed by atoms with van der Waals surface area (Å²) in [6, 6.07) is 6.77. The fraction of sp³-hybridized carbons (Fsp3) is 0.385. The molecule has 5 nitrogen and oxygen atoms in total. The number of nitrogens with zero attached hydrogens (tertiary/aromatic N) is 2. The second-order valence-corrected chi connectivity index (χ2v) is 4.13. The van der Waals surface area contributed by atoms with Gasteiger partial charge in [0.1, 0.15) is 0 Å². The second kappa shape index (κ2) is 6.28. The van der Waals surface area contributed by atoms with Crippen molar-refractivity contribution in [3.8, 4) is 0 Å². The first-order chi connectivity index (χ1) is 8.77. The van der Waals surface area contributed by atoms with Crippen LogP contribution in [0.2, 0.25) is 0 Å². The predicted octanol–water partition coefficient (Wildman–Crippen LogP) is 1.94. The summed E-state index contributed by atoms with van der Waals surface area (Å²) in [6.45, 7) is 4.16. The molecular weight excluding hydrogens is 232 g/mol. The molecule has 0 aliphatic carbocycles. The highest BCUT2D eigenvalue weighted by molar-refractivity contribution is 5.60. The maximum absolute atomic E-state index is 10.8. The van der Waals surface area contributed by atoms with E-state index in [0.717, 1.165) is 32.8 Å². The number of nitro benzene ring substituents is 1. The highest BCUT2D eigenvalue weighted by Gasteiger charge is 2.10. The van der Waals surface area contributed by atoms with Gasteiger partial charge in [-0.1, -0.05) is 24.3 Å². The van der Waals surface area contributed by atoms with E-state index in [9.17, 15) is 10.1 Å². The van der Waals surface area contributed by atoms with E-state index in [0.29, 0.717) is 5.56 Å². The number of hydrogen-bond acceptors (Lipinski definition) is 4. The Balaban J connectivity index is 1.97. The van der Waals surface area contributed by atoms with Gasteiger partial charge in [0.05, 0.1) is 23.7 Å². The number of morpholine rings is 1. The lowest BCUT2D eigenvalue weighted by Gasteiger charge is -2.25. The van der Waals surface area contributed by atoms with Crippen LogP contribution in [0.15, 0.2) is 30.3 Å². The van der Waals surface area contributed by atoms with Gasteiger partial charge in [-0.05, 0) is 6.07 Å². The third-order valence-electron chi connectivity index (χ3n) is 2.90. The van der Waals surface area contributed by atoms with Gasteiger partial charge in [0.2, 0.25) is 0 Å². The summed E-state index contributed by atoms with van der Waals surface area (Å²) in [5, 5.41) is 10.8. The fourth-order valence-corrected chi connectivity index (χ4v) is 1.91. The average molecular weight is 248 g/mol. The summed E-state index contributed by atoms with van der Waals surface area (Å²) in [5.41, 5.74) is 0.798. The van der Waals surface area contributed by atoms with Gasteiger partial charge in [0.25, 0.3) is 5.69 Å². The van der Waals surface area contributed by atoms with Crippen molar-refractivity contribution in [3.05, 3.63) is 46.0 Å². The Morgan fingerprint density at radius 3 is 2.78 bits per heavy atom. The Hall–Kier alpha value is -1.72. The van der Waals surface area contributed by atoms with Gasteiger partial charge in [-0.15, -0.1) is 0 Å². The molecule has 0 unspecified atom stereocenters. The van der Waals surface area contributed by atoms with Crippen LogP contribution in [0.25, 0.3) is 6.08 Å². The monoisotopic (exact) mass is 248 g/mol. The summed E-state index contributed by atoms with van der Waals surface area (Å²) in [6.07, 6.45) is 3.78. The number of rotatable bonds is 4. The first-order valence-corrected chi connectivity index (χ1v) is 5.97. The molecular formula is C13H16N2O3. The van der Waals surface area contributed by atoms with Gasteiger partial charge in [0, 0.05) is 25.7 Å². The van der Waals surface area contributed by atoms with Crippen molar-refractivity contribution in [1.82, 2.24) is 4.90 Å². The molecule has 0 bridgehead atoms. The van der Waals surface area contributed by atoms with E-state index < -0.39 is 0 Å². The van der Waals surface area contributed by atoms with E-state index in [1.165, 1.54) is 6.07 Å². The minimum Gasteiger partial charge on any atom is -0.379 e. The van der Waals surface area contributed by atoms with Crippen molar-refractivity contribution in [2.45, 2.75) is 0 Å². The number of para-hydroxylation sites is 1. The molecule has 1 saturated heterocycles. The van der Waals surface area contributed by atoms with Crippen LogP contribution in [-0.2, 0) is 4.74 Å². The van der Waals surface area contributed by atoms with Crippen LogP contribution in [0.3, 0.4) is 0 Å². The molecule has 18 heavy (non-hydrogen) atoms. The Labute approximate surface area is 106 Å². The van der Waals surface area contributed by atoms with Gasteiger partial charge in [-0.25, -0.2) is 0 Å². The highest BCUT2D eigenvalue weighted by atomic mass is 16.6. The van der Waals surface area contributed by atoms with Crippen molar-refractivity contribution in [2.24, 2.45) is 0 Å². The lowest BCUT2D eigenvalue weighted by molar-refractivity contribution is -0.385. The number of hydrogen-bond donors (Lipinski definition) is 0. The van der Waals surface area contributed by atoms with E-state index >= 15 is 0 Å². The summed E-state index contributed by atoms with van der Waals surface area (Å²) >= 11 is 0. The molecule has 0 radical (unpaired) electrons. The summed E-state index contributed by atoms with van der Waals surface area (Å²) < 4.78 is 5.26. The van der Waals surface area contributed by atoms with Crippen LogP contribution in [0.5, 0.6) is 0 Å². The summed E-state index contributed by atoms with van der Waals surface area (Å²) in [4.78, 5) is 12.7. The Bertz CT molecular complexity index is 440. The molecule has 0 spiro atoms. The smallest absolute Gasteiger partial charge is 0.276 e. The van der Waals surface area contributed by atoms with Gasteiger partial charge >= 0.3 is 0 Å². The Morgan fingerprint density at radius 1 is 1.33 bits per heavy atom. The standard InChI is InChI=1S/C13H16N2O3/c16-15(17)13-6-2-1-4-12(13)5-3-7-14-8-10-18-11-9-14/h1-6H,7-11H2/b5-3+. The molecule has 0 amide bonds. The minimum atomic E-state index is -0.353. The number of ether oxygens (including phenoxy) is 1. The zero-order chi connectivity index (χ0) is 12.8. The average Bonchev–Trinajstić information content (AvgIpc) is 2.40. The molecule has 1 aromatic carbocycles. The third-order valence-corrected chi connectivity index (χ3v) is 2.90. The molecule has 0 N–H and O–H groups in total. The quantitative estimate of drug-likeness (QED) is 0.603. The zero-order valence-electron chi connectivity index (χ0n) is 10.1. The van der Waals surface area contributed by atoms with Gasteiger partial charge in [0.15, 0.2) is 0 Å². The number of nitro groups is 1. The molecule has 1 aromatic rings. The first-order valence-electron chi connectivity index (χ1n) is 5.97. The normalized spacial score (nSPS) is 17.1. The van der Waals surface area contributed by atoms with E-state index in [-0.39, 0.29) is 10.6 Å². The molecule has 0 aromatic heterocycles. The predicted molar refractivity (Wildman–Crippen MR) is 69.4 cm³/mol. The van der Waals surface area contributed by atoms with E-state index in [1.54, 1.807) is 18.2 Å². The third kappa shape index (κ3) is 3.38. The highest BCUT2D eigenvalue weighted by Crippen LogP contribution is 2.18. The Kier molecular flexibility index (Phi) is 4.44. The van der Waals surface area contributed by atoms with Crippen LogP contribution < -0.4 is 0 Å². The second-order valence-electron chi connectivity index (χ2n) is 4.13. The van der Waals surface area contributed by atoms with E-state index in [4.69, 9.17) is 4.74 Å². The van der Waals surface area contributed by atoms with E-state index in [1.807, 2.05) is 12.2 Å². The maximum Gasteiger partial charge on any atom is 0.276 e. The molecule has 1 fully saturated rings. The first kappa shape index (κ1) is 12.7. The SMILES string of the molecule is O=[N+]([O-])c1ccccc1/C=C/CN1CCOCC1. The topological polar surface area (TPSA) is 55.6 Å². The van der Waals surface area contributed by atoms with Crippen LogP contribution >= 0.6 is 0 Å². The van der Waals surface area contributed by atoms with Crippen molar-refractivity contribution in [2.75, 3.05) is 32.8 Å². The molecule has 96 valence electrons. The zero-order valence-corrected chi connectivity index (χ0v) is 10.1. The van der Waals surface area contributed by atoms with Crippen LogP contribution in [0.1, 0.15) is 5.56 Å². The molecule has 1 aliphatic rings. The van der Waals surface area contributed by atoms with Gasteiger partial charge in [-0.3, -0.25) is 15.0 Å². The summed E-state index contributed by atoms with van der Waals surface area (Å²) in [5.74, 6) is 0. The van der Waals surface area contributed by atoms with Gasteiger partial charge in [-0.2, -0.15) is 0 Å². The van der Waals surface area contributed by atoms with Crippen molar-refractivity contribution in [3.63, 3.8) is 0 Å². The molecule has 1 aliphatic heterocycles. The fourth-order valence-electron chi connectivity index (χ4n) is 1.91. The van der Waals surface area contributed by atoms with Crippen molar-refractivity contribution >= 4 is 11.8 Å². The van der Waals surface area contributed by atoms with E-state index in [2.05, 4.69) is 4.90 Å². The maximum atomic E-state index is 10.8. The molecule has 0 saturated carbocycles. The summed E-state index contributed by atoms with van der Waals surface area (Å²) in [7, 11) is 0. The van der Waals surface area contributed by atoms with Crippen LogP contribution in [0.4, 0.5) is 5.69 Å².